The van der Waals surface area contributed by atoms with Crippen molar-refractivity contribution in [2.24, 2.45) is 0 Å². The lowest BCUT2D eigenvalue weighted by Gasteiger charge is -2.25. The van der Waals surface area contributed by atoms with Crippen LogP contribution in [-0.4, -0.2) is 27.4 Å². The quantitative estimate of drug-likeness (QED) is 0.534. The van der Waals surface area contributed by atoms with Crippen molar-refractivity contribution in [3.8, 4) is 11.5 Å². The minimum Gasteiger partial charge on any atom is -0.454 e. The Morgan fingerprint density at radius 1 is 1.22 bits per heavy atom. The van der Waals surface area contributed by atoms with E-state index in [0.717, 1.165) is 24.1 Å². The first kappa shape index (κ1) is 20.8. The third kappa shape index (κ3) is 3.69. The Morgan fingerprint density at radius 2 is 1.94 bits per heavy atom. The monoisotopic (exact) mass is 473 g/mol. The summed E-state index contributed by atoms with van der Waals surface area (Å²) in [5.41, 5.74) is 2.21. The van der Waals surface area contributed by atoms with Crippen LogP contribution < -0.4 is 15.4 Å². The molecule has 10 heteroatoms. The summed E-state index contributed by atoms with van der Waals surface area (Å²) < 4.78 is 10.3. The van der Waals surface area contributed by atoms with Gasteiger partial charge in [-0.1, -0.05) is 34.4 Å². The van der Waals surface area contributed by atoms with Gasteiger partial charge in [-0.2, -0.15) is 0 Å². The summed E-state index contributed by atoms with van der Waals surface area (Å²) in [5, 5.41) is 3.82. The van der Waals surface area contributed by atoms with Gasteiger partial charge in [-0.15, -0.1) is 0 Å². The predicted molar refractivity (Wildman–Crippen MR) is 117 cm³/mol. The van der Waals surface area contributed by atoms with Gasteiger partial charge in [0.1, 0.15) is 5.75 Å². The van der Waals surface area contributed by atoms with Crippen LogP contribution in [0.5, 0.6) is 11.5 Å². The molecule has 1 aromatic heterocycles. The second kappa shape index (κ2) is 7.50. The van der Waals surface area contributed by atoms with Crippen molar-refractivity contribution < 1.29 is 18.8 Å². The number of aromatic amines is 1. The first-order valence-corrected chi connectivity index (χ1v) is 10.7. The van der Waals surface area contributed by atoms with Crippen LogP contribution in [0.15, 0.2) is 39.6 Å². The molecule has 3 aromatic rings. The van der Waals surface area contributed by atoms with Crippen LogP contribution in [0.4, 0.5) is 5.69 Å². The number of ketones is 1. The smallest absolute Gasteiger partial charge is 0.439 e. The van der Waals surface area contributed by atoms with Gasteiger partial charge in [0.25, 0.3) is 0 Å². The normalized spacial score (nSPS) is 16.2. The fourth-order valence-electron chi connectivity index (χ4n) is 3.89. The molecular weight excluding hydrogens is 457 g/mol. The number of anilines is 1. The first-order valence-electron chi connectivity index (χ1n) is 9.94. The summed E-state index contributed by atoms with van der Waals surface area (Å²) in [5.74, 6) is -0.597. The van der Waals surface area contributed by atoms with E-state index in [2.05, 4.69) is 21.6 Å². The van der Waals surface area contributed by atoms with Crippen molar-refractivity contribution in [3.63, 3.8) is 0 Å². The number of H-pyrrole nitrogens is 1. The standard InChI is InChI=1S/C22H17Cl2N3O5/c1-22(4-5-22)27-16-10-13(3-2-12(16)9-18(27)29)31-19-14(23)6-11(7-15(19)24)8-17(28)20-25-21(30)32-26-20/h2-3,6-7,10H,4-5,8-9H2,1H3,(H,25,26,30). The number of halogens is 2. The molecule has 0 saturated heterocycles. The van der Waals surface area contributed by atoms with Gasteiger partial charge in [0, 0.05) is 18.0 Å². The van der Waals surface area contributed by atoms with E-state index in [1.165, 1.54) is 0 Å². The number of benzene rings is 2. The molecule has 1 N–H and O–H groups in total. The number of carbonyl (C=O) groups is 2. The third-order valence-corrected chi connectivity index (χ3v) is 6.31. The number of ether oxygens (including phenoxy) is 1. The molecule has 1 aliphatic carbocycles. The van der Waals surface area contributed by atoms with Crippen LogP contribution in [-0.2, 0) is 17.6 Å². The summed E-state index contributed by atoms with van der Waals surface area (Å²) in [6.07, 6.45) is 2.25. The zero-order valence-electron chi connectivity index (χ0n) is 16.9. The second-order valence-corrected chi connectivity index (χ2v) is 9.04. The summed E-state index contributed by atoms with van der Waals surface area (Å²) >= 11 is 12.8. The zero-order chi connectivity index (χ0) is 22.6. The highest BCUT2D eigenvalue weighted by molar-refractivity contribution is 6.37. The van der Waals surface area contributed by atoms with Crippen molar-refractivity contribution in [2.75, 3.05) is 4.90 Å². The summed E-state index contributed by atoms with van der Waals surface area (Å²) in [6.45, 7) is 2.08. The molecule has 1 amide bonds. The molecule has 0 atom stereocenters. The van der Waals surface area contributed by atoms with E-state index in [9.17, 15) is 14.4 Å². The highest BCUT2D eigenvalue weighted by atomic mass is 35.5. The Morgan fingerprint density at radius 3 is 2.56 bits per heavy atom. The fraction of sp³-hybridized carbons (Fsp3) is 0.273. The van der Waals surface area contributed by atoms with Gasteiger partial charge in [0.15, 0.2) is 5.75 Å². The van der Waals surface area contributed by atoms with Gasteiger partial charge >= 0.3 is 5.76 Å². The lowest BCUT2D eigenvalue weighted by Crippen LogP contribution is -2.37. The summed E-state index contributed by atoms with van der Waals surface area (Å²) in [6, 6.07) is 8.60. The van der Waals surface area contributed by atoms with Gasteiger partial charge in [0.05, 0.1) is 22.2 Å². The van der Waals surface area contributed by atoms with Gasteiger partial charge in [-0.3, -0.25) is 19.1 Å². The minimum absolute atomic E-state index is 0.0866. The number of fused-ring (bicyclic) bond motifs is 1. The molecule has 1 saturated carbocycles. The van der Waals surface area contributed by atoms with Gasteiger partial charge in [-0.25, -0.2) is 4.79 Å². The molecule has 0 spiro atoms. The number of carbonyl (C=O) groups excluding carboxylic acids is 2. The largest absolute Gasteiger partial charge is 0.454 e. The van der Waals surface area contributed by atoms with Crippen LogP contribution in [0.25, 0.3) is 0 Å². The molecule has 32 heavy (non-hydrogen) atoms. The SMILES string of the molecule is CC1(N2C(=O)Cc3ccc(Oc4c(Cl)cc(CC(=O)c5noc(=O)[nH]5)cc4Cl)cc32)CC1. The molecule has 2 aliphatic rings. The maximum atomic E-state index is 12.5. The van der Waals surface area contributed by atoms with Crippen molar-refractivity contribution in [1.29, 1.82) is 0 Å². The molecule has 0 radical (unpaired) electrons. The lowest BCUT2D eigenvalue weighted by atomic mass is 10.1. The number of nitrogens with zero attached hydrogens (tertiary/aromatic N) is 2. The van der Waals surface area contributed by atoms with Crippen molar-refractivity contribution in [3.05, 3.63) is 67.9 Å². The highest BCUT2D eigenvalue weighted by Crippen LogP contribution is 2.49. The Balaban J connectivity index is 1.38. The topological polar surface area (TPSA) is 106 Å². The lowest BCUT2D eigenvalue weighted by molar-refractivity contribution is -0.117. The van der Waals surface area contributed by atoms with Crippen LogP contribution in [0.2, 0.25) is 10.0 Å². The molecule has 8 nitrogen and oxygen atoms in total. The number of nitrogens with one attached hydrogen (secondary N) is 1. The average molecular weight is 474 g/mol. The number of hydrogen-bond acceptors (Lipinski definition) is 6. The second-order valence-electron chi connectivity index (χ2n) is 8.23. The summed E-state index contributed by atoms with van der Waals surface area (Å²) in [4.78, 5) is 39.8. The van der Waals surface area contributed by atoms with E-state index in [-0.39, 0.29) is 39.5 Å². The fourth-order valence-corrected chi connectivity index (χ4v) is 4.50. The van der Waals surface area contributed by atoms with Gasteiger partial charge < -0.3 is 9.64 Å². The molecule has 164 valence electrons. The predicted octanol–water partition coefficient (Wildman–Crippen LogP) is 4.33. The van der Waals surface area contributed by atoms with Gasteiger partial charge in [-0.05, 0) is 49.1 Å². The van der Waals surface area contributed by atoms with E-state index in [1.54, 1.807) is 18.2 Å². The van der Waals surface area contributed by atoms with Crippen LogP contribution in [0.3, 0.4) is 0 Å². The van der Waals surface area contributed by atoms with Gasteiger partial charge in [0.2, 0.25) is 17.5 Å². The number of Topliss-reactive ketones (excluding diaryl/α,β-unsaturated/α-hetero) is 1. The van der Waals surface area contributed by atoms with E-state index in [0.29, 0.717) is 17.7 Å². The van der Waals surface area contributed by atoms with Crippen LogP contribution in [0.1, 0.15) is 41.5 Å². The van der Waals surface area contributed by atoms with E-state index < -0.39 is 11.5 Å². The Kier molecular flexibility index (Phi) is 4.87. The average Bonchev–Trinajstić information content (AvgIpc) is 3.16. The maximum absolute atomic E-state index is 12.5. The third-order valence-electron chi connectivity index (χ3n) is 5.75. The molecular formula is C22H17Cl2N3O5. The molecule has 2 heterocycles. The minimum atomic E-state index is -0.807. The Labute approximate surface area is 192 Å². The maximum Gasteiger partial charge on any atom is 0.439 e. The molecule has 1 aliphatic heterocycles. The number of aromatic nitrogens is 2. The van der Waals surface area contributed by atoms with E-state index >= 15 is 0 Å². The number of amides is 1. The van der Waals surface area contributed by atoms with Crippen molar-refractivity contribution in [1.82, 2.24) is 10.1 Å². The number of rotatable bonds is 6. The van der Waals surface area contributed by atoms with Crippen LogP contribution in [0, 0.1) is 0 Å². The van der Waals surface area contributed by atoms with Crippen LogP contribution >= 0.6 is 23.2 Å². The summed E-state index contributed by atoms with van der Waals surface area (Å²) in [7, 11) is 0. The van der Waals surface area contributed by atoms with E-state index in [1.807, 2.05) is 17.0 Å². The Hall–Kier alpha value is -3.10. The molecule has 0 bridgehead atoms. The first-order chi connectivity index (χ1) is 15.2. The molecule has 1 fully saturated rings. The zero-order valence-corrected chi connectivity index (χ0v) is 18.4. The van der Waals surface area contributed by atoms with E-state index in [4.69, 9.17) is 27.9 Å². The highest BCUT2D eigenvalue weighted by Gasteiger charge is 2.49. The molecule has 5 rings (SSSR count). The van der Waals surface area contributed by atoms with Crippen molar-refractivity contribution in [2.45, 2.75) is 38.1 Å². The molecule has 2 aromatic carbocycles. The van der Waals surface area contributed by atoms with Crippen molar-refractivity contribution >= 4 is 40.6 Å². The Bertz CT molecular complexity index is 1300. The molecule has 0 unspecified atom stereocenters. The number of hydrogen-bond donors (Lipinski definition) is 1.